The highest BCUT2D eigenvalue weighted by atomic mass is 32.2. The van der Waals surface area contributed by atoms with E-state index in [9.17, 15) is 18.3 Å². The van der Waals surface area contributed by atoms with Gasteiger partial charge in [-0.05, 0) is 66.4 Å². The van der Waals surface area contributed by atoms with Gasteiger partial charge in [0.15, 0.2) is 0 Å². The van der Waals surface area contributed by atoms with Crippen LogP contribution in [-0.2, 0) is 16.4 Å². The van der Waals surface area contributed by atoms with Crippen LogP contribution in [0.25, 0.3) is 21.9 Å². The van der Waals surface area contributed by atoms with Crippen molar-refractivity contribution in [3.8, 4) is 11.1 Å². The molecule has 0 heterocycles. The average Bonchev–Trinajstić information content (AvgIpc) is 2.91. The van der Waals surface area contributed by atoms with Gasteiger partial charge in [0.05, 0.1) is 16.6 Å². The highest BCUT2D eigenvalue weighted by Gasteiger charge is 2.25. The third-order valence-electron chi connectivity index (χ3n) is 6.92. The number of hydrogen-bond acceptors (Lipinski definition) is 6. The molecule has 1 unspecified atom stereocenters. The van der Waals surface area contributed by atoms with Crippen LogP contribution in [0.3, 0.4) is 0 Å². The Bertz CT molecular complexity index is 1620. The molecule has 0 aliphatic rings. The fourth-order valence-corrected chi connectivity index (χ4v) is 5.93. The summed E-state index contributed by atoms with van der Waals surface area (Å²) in [4.78, 5) is 11.2. The summed E-state index contributed by atoms with van der Waals surface area (Å²) in [5.41, 5.74) is 8.50. The van der Waals surface area contributed by atoms with Crippen LogP contribution in [0.1, 0.15) is 29.8 Å². The summed E-state index contributed by atoms with van der Waals surface area (Å²) in [6, 6.07) is 25.2. The molecular weight excluding hydrogens is 526 g/mol. The monoisotopic (exact) mass is 561 g/mol. The van der Waals surface area contributed by atoms with Crippen molar-refractivity contribution in [3.05, 3.63) is 96.1 Å². The van der Waals surface area contributed by atoms with Crippen LogP contribution < -0.4 is 11.1 Å². The Morgan fingerprint density at radius 1 is 0.975 bits per heavy atom. The van der Waals surface area contributed by atoms with Gasteiger partial charge in [-0.2, -0.15) is 4.31 Å². The maximum absolute atomic E-state index is 13.2. The van der Waals surface area contributed by atoms with Gasteiger partial charge in [0.1, 0.15) is 0 Å². The molecule has 4 rings (SSSR count). The maximum atomic E-state index is 13.2. The molecule has 0 saturated carbocycles. The molecule has 0 amide bonds. The van der Waals surface area contributed by atoms with Crippen molar-refractivity contribution in [3.63, 3.8) is 0 Å². The van der Waals surface area contributed by atoms with E-state index in [4.69, 9.17) is 10.8 Å². The van der Waals surface area contributed by atoms with Gasteiger partial charge in [-0.15, -0.1) is 0 Å². The number of nitrogen functional groups attached to an aromatic ring is 1. The van der Waals surface area contributed by atoms with Crippen LogP contribution in [0.2, 0.25) is 0 Å². The number of nitrogens with two attached hydrogens (primary N) is 1. The number of anilines is 1. The van der Waals surface area contributed by atoms with Crippen molar-refractivity contribution >= 4 is 32.5 Å². The number of hydrogen-bond donors (Lipinski definition) is 4. The summed E-state index contributed by atoms with van der Waals surface area (Å²) >= 11 is 0. The van der Waals surface area contributed by atoms with Crippen molar-refractivity contribution in [1.82, 2.24) is 9.62 Å². The molecule has 9 heteroatoms. The first-order valence-corrected chi connectivity index (χ1v) is 14.4. The number of nitrogens with zero attached hydrogens (tertiary/aromatic N) is 1. The highest BCUT2D eigenvalue weighted by Crippen LogP contribution is 2.28. The van der Waals surface area contributed by atoms with Crippen LogP contribution in [0.5, 0.6) is 0 Å². The van der Waals surface area contributed by atoms with E-state index in [1.54, 1.807) is 18.2 Å². The van der Waals surface area contributed by atoms with Crippen LogP contribution in [0.4, 0.5) is 5.69 Å². The lowest BCUT2D eigenvalue weighted by atomic mass is 9.93. The van der Waals surface area contributed by atoms with Gasteiger partial charge < -0.3 is 21.3 Å². The number of benzene rings is 4. The number of carbonyl (C=O) groups is 1. The summed E-state index contributed by atoms with van der Waals surface area (Å²) in [6.07, 6.45) is -0.170. The second-order valence-corrected chi connectivity index (χ2v) is 12.7. The lowest BCUT2D eigenvalue weighted by Gasteiger charge is -2.29. The molecule has 210 valence electrons. The minimum Gasteiger partial charge on any atom is -0.478 e. The molecule has 4 aromatic rings. The summed E-state index contributed by atoms with van der Waals surface area (Å²) < 4.78 is 27.5. The lowest BCUT2D eigenvalue weighted by Crippen LogP contribution is -2.47. The normalized spacial score (nSPS) is 13.0. The van der Waals surface area contributed by atoms with Crippen molar-refractivity contribution < 1.29 is 23.4 Å². The van der Waals surface area contributed by atoms with E-state index in [0.29, 0.717) is 11.1 Å². The molecule has 0 aliphatic heterocycles. The Morgan fingerprint density at radius 3 is 2.30 bits per heavy atom. The molecule has 0 radical (unpaired) electrons. The fourth-order valence-electron chi connectivity index (χ4n) is 4.72. The first kappa shape index (κ1) is 29.2. The molecule has 40 heavy (non-hydrogen) atoms. The number of aliphatic hydroxyl groups excluding tert-OH is 1. The van der Waals surface area contributed by atoms with Crippen LogP contribution in [0.15, 0.2) is 89.8 Å². The molecule has 0 aliphatic carbocycles. The minimum absolute atomic E-state index is 0.0761. The van der Waals surface area contributed by atoms with Crippen molar-refractivity contribution in [1.29, 1.82) is 0 Å². The molecule has 0 spiro atoms. The summed E-state index contributed by atoms with van der Waals surface area (Å²) in [5.74, 6) is -1.08. The summed E-state index contributed by atoms with van der Waals surface area (Å²) in [5, 5.41) is 25.5. The number of fused-ring (bicyclic) bond motifs is 1. The van der Waals surface area contributed by atoms with Crippen molar-refractivity contribution in [2.24, 2.45) is 0 Å². The second kappa shape index (κ2) is 11.8. The topological polar surface area (TPSA) is 133 Å². The number of carboxylic acid groups (broad SMARTS) is 1. The fraction of sp³-hybridized carbons (Fsp3) is 0.258. The Hall–Kier alpha value is -3.76. The highest BCUT2D eigenvalue weighted by molar-refractivity contribution is 7.89. The number of likely N-dealkylation sites (N-methyl/N-ethyl adjacent to an activating group) is 1. The van der Waals surface area contributed by atoms with Gasteiger partial charge in [0.25, 0.3) is 0 Å². The molecule has 0 aromatic heterocycles. The van der Waals surface area contributed by atoms with E-state index in [1.807, 2.05) is 12.1 Å². The van der Waals surface area contributed by atoms with Crippen molar-refractivity contribution in [2.45, 2.75) is 36.8 Å². The SMILES string of the molecule is CN(CC(O)CNC(C)(C)Cc1ccc2ccccc2c1)S(=O)(=O)c1ccc(-c2ccc(C(=O)O)cc2N)cc1. The van der Waals surface area contributed by atoms with E-state index in [-0.39, 0.29) is 34.8 Å². The van der Waals surface area contributed by atoms with E-state index in [2.05, 4.69) is 49.5 Å². The Labute approximate surface area is 235 Å². The van der Waals surface area contributed by atoms with E-state index < -0.39 is 22.1 Å². The van der Waals surface area contributed by atoms with Crippen LogP contribution in [0, 0.1) is 0 Å². The molecular formula is C31H35N3O5S. The largest absolute Gasteiger partial charge is 0.478 e. The third kappa shape index (κ3) is 6.86. The number of β-amino-alcohol motifs (C(OH)–C–C–N with tert-alkyl or cyclic N) is 1. The van der Waals surface area contributed by atoms with Crippen molar-refractivity contribution in [2.75, 3.05) is 25.9 Å². The minimum atomic E-state index is -3.85. The second-order valence-electron chi connectivity index (χ2n) is 10.7. The molecule has 0 saturated heterocycles. The first-order valence-electron chi connectivity index (χ1n) is 13.0. The van der Waals surface area contributed by atoms with E-state index >= 15 is 0 Å². The lowest BCUT2D eigenvalue weighted by molar-refractivity contribution is 0.0697. The quantitative estimate of drug-likeness (QED) is 0.200. The number of sulfonamides is 1. The van der Waals surface area contributed by atoms with Crippen LogP contribution >= 0.6 is 0 Å². The molecule has 4 aromatic carbocycles. The predicted octanol–water partition coefficient (Wildman–Crippen LogP) is 4.38. The van der Waals surface area contributed by atoms with Gasteiger partial charge >= 0.3 is 5.97 Å². The summed E-state index contributed by atoms with van der Waals surface area (Å²) in [7, 11) is -2.41. The van der Waals surface area contributed by atoms with Gasteiger partial charge in [0.2, 0.25) is 10.0 Å². The Kier molecular flexibility index (Phi) is 8.60. The number of carboxylic acids is 1. The van der Waals surface area contributed by atoms with Gasteiger partial charge in [-0.25, -0.2) is 13.2 Å². The molecule has 8 nitrogen and oxygen atoms in total. The van der Waals surface area contributed by atoms with Gasteiger partial charge in [0, 0.05) is 36.9 Å². The number of nitrogens with one attached hydrogen (secondary N) is 1. The number of aromatic carboxylic acids is 1. The molecule has 1 atom stereocenters. The standard InChI is InChI=1S/C31H35N3O5S/c1-31(2,18-21-8-9-22-6-4-5-7-24(22)16-21)33-19-26(35)20-34(3)40(38,39)27-13-10-23(11-14-27)28-15-12-25(30(36)37)17-29(28)32/h4-17,26,33,35H,18-20,32H2,1-3H3,(H,36,37). The third-order valence-corrected chi connectivity index (χ3v) is 8.75. The van der Waals surface area contributed by atoms with Gasteiger partial charge in [-0.3, -0.25) is 0 Å². The Balaban J connectivity index is 1.35. The molecule has 5 N–H and O–H groups in total. The number of aliphatic hydroxyl groups is 1. The van der Waals surface area contributed by atoms with Crippen LogP contribution in [-0.4, -0.2) is 60.7 Å². The zero-order valence-corrected chi connectivity index (χ0v) is 23.7. The van der Waals surface area contributed by atoms with E-state index in [0.717, 1.165) is 10.7 Å². The predicted molar refractivity (Wildman–Crippen MR) is 159 cm³/mol. The molecule has 0 bridgehead atoms. The molecule has 0 fully saturated rings. The Morgan fingerprint density at radius 2 is 1.65 bits per heavy atom. The number of rotatable bonds is 11. The zero-order chi connectivity index (χ0) is 29.1. The first-order chi connectivity index (χ1) is 18.9. The van der Waals surface area contributed by atoms with Gasteiger partial charge in [-0.1, -0.05) is 60.7 Å². The zero-order valence-electron chi connectivity index (χ0n) is 22.8. The average molecular weight is 562 g/mol. The summed E-state index contributed by atoms with van der Waals surface area (Å²) in [6.45, 7) is 4.26. The van der Waals surface area contributed by atoms with E-state index in [1.165, 1.54) is 47.6 Å². The maximum Gasteiger partial charge on any atom is 0.335 e. The smallest absolute Gasteiger partial charge is 0.335 e.